The van der Waals surface area contributed by atoms with E-state index in [1.807, 2.05) is 0 Å². The van der Waals surface area contributed by atoms with E-state index in [4.69, 9.17) is 5.73 Å². The van der Waals surface area contributed by atoms with Gasteiger partial charge in [-0.25, -0.2) is 4.79 Å². The van der Waals surface area contributed by atoms with E-state index in [0.29, 0.717) is 22.0 Å². The van der Waals surface area contributed by atoms with E-state index in [2.05, 4.69) is 26.8 Å². The van der Waals surface area contributed by atoms with E-state index >= 15 is 0 Å². The number of carbonyl (C=O) groups excluding carboxylic acids is 2. The second-order valence-corrected chi connectivity index (χ2v) is 3.46. The van der Waals surface area contributed by atoms with Crippen LogP contribution in [0.4, 0.5) is 0 Å². The molecular weight excluding hydrogens is 234 g/mol. The average Bonchev–Trinajstić information content (AvgIpc) is 2.82. The van der Waals surface area contributed by atoms with E-state index in [-0.39, 0.29) is 0 Å². The van der Waals surface area contributed by atoms with Crippen LogP contribution in [-0.2, 0) is 9.53 Å². The Labute approximate surface area is 102 Å². The monoisotopic (exact) mass is 243 g/mol. The smallest absolute Gasteiger partial charge is 0.338 e. The largest absolute Gasteiger partial charge is 0.465 e. The Morgan fingerprint density at radius 1 is 1.44 bits per heavy atom. The lowest BCUT2D eigenvalue weighted by molar-refractivity contribution is -0.112. The molecule has 18 heavy (non-hydrogen) atoms. The minimum absolute atomic E-state index is 0.331. The number of nitrogens with two attached hydrogens (primary N) is 1. The normalized spacial score (nSPS) is 9.61. The Morgan fingerprint density at radius 2 is 2.22 bits per heavy atom. The van der Waals surface area contributed by atoms with Gasteiger partial charge in [0, 0.05) is 10.9 Å². The van der Waals surface area contributed by atoms with Gasteiger partial charge in [-0.3, -0.25) is 9.89 Å². The van der Waals surface area contributed by atoms with Crippen LogP contribution in [0.3, 0.4) is 0 Å². The standard InChI is InChI=1S/C12H9N3O3/c1-18-12(17)8-4-7(2-3-11(13)16)5-10-9(8)6-14-15-10/h4-6H,1H3,(H2,13,16)(H,14,15). The molecule has 1 amide bonds. The fourth-order valence-corrected chi connectivity index (χ4v) is 1.54. The lowest BCUT2D eigenvalue weighted by atomic mass is 10.1. The number of aromatic amines is 1. The molecule has 6 nitrogen and oxygen atoms in total. The number of carbonyl (C=O) groups is 2. The maximum atomic E-state index is 11.6. The summed E-state index contributed by atoms with van der Waals surface area (Å²) in [5.41, 5.74) is 6.37. The van der Waals surface area contributed by atoms with Gasteiger partial charge in [-0.2, -0.15) is 5.10 Å². The molecule has 0 bridgehead atoms. The van der Waals surface area contributed by atoms with E-state index in [0.717, 1.165) is 0 Å². The molecule has 1 aromatic carbocycles. The Balaban J connectivity index is 2.61. The van der Waals surface area contributed by atoms with Crippen molar-refractivity contribution in [1.82, 2.24) is 10.2 Å². The zero-order valence-electron chi connectivity index (χ0n) is 9.48. The zero-order valence-corrected chi connectivity index (χ0v) is 9.48. The first kappa shape index (κ1) is 11.7. The average molecular weight is 243 g/mol. The summed E-state index contributed by atoms with van der Waals surface area (Å²) in [5, 5.41) is 7.20. The van der Waals surface area contributed by atoms with Gasteiger partial charge in [-0.1, -0.05) is 5.92 Å². The first-order chi connectivity index (χ1) is 8.61. The predicted molar refractivity (Wildman–Crippen MR) is 63.5 cm³/mol. The fraction of sp³-hybridized carbons (Fsp3) is 0.0833. The number of esters is 1. The third-order valence-electron chi connectivity index (χ3n) is 2.29. The quantitative estimate of drug-likeness (QED) is 0.551. The number of hydrogen-bond acceptors (Lipinski definition) is 4. The molecule has 0 unspecified atom stereocenters. The molecule has 0 radical (unpaired) electrons. The van der Waals surface area contributed by atoms with E-state index in [9.17, 15) is 9.59 Å². The summed E-state index contributed by atoms with van der Waals surface area (Å²) in [6.45, 7) is 0. The van der Waals surface area contributed by atoms with E-state index in [1.165, 1.54) is 19.4 Å². The molecule has 0 aliphatic heterocycles. The number of methoxy groups -OCH3 is 1. The predicted octanol–water partition coefficient (Wildman–Crippen LogP) is 0.186. The number of H-pyrrole nitrogens is 1. The van der Waals surface area contributed by atoms with Gasteiger partial charge in [0.05, 0.1) is 24.4 Å². The highest BCUT2D eigenvalue weighted by Crippen LogP contribution is 2.19. The SMILES string of the molecule is COC(=O)c1cc(C#CC(N)=O)cc2[nH]ncc12. The second-order valence-electron chi connectivity index (χ2n) is 3.46. The van der Waals surface area contributed by atoms with Crippen LogP contribution in [0.1, 0.15) is 15.9 Å². The number of ether oxygens (including phenoxy) is 1. The van der Waals surface area contributed by atoms with Crippen molar-refractivity contribution < 1.29 is 14.3 Å². The number of nitrogens with zero attached hydrogens (tertiary/aromatic N) is 1. The molecule has 0 aliphatic carbocycles. The lowest BCUT2D eigenvalue weighted by Crippen LogP contribution is -2.06. The third-order valence-corrected chi connectivity index (χ3v) is 2.29. The summed E-state index contributed by atoms with van der Waals surface area (Å²) in [6.07, 6.45) is 1.52. The van der Waals surface area contributed by atoms with E-state index in [1.54, 1.807) is 6.07 Å². The number of nitrogens with one attached hydrogen (secondary N) is 1. The fourth-order valence-electron chi connectivity index (χ4n) is 1.54. The molecule has 6 heteroatoms. The lowest BCUT2D eigenvalue weighted by Gasteiger charge is -2.01. The summed E-state index contributed by atoms with van der Waals surface area (Å²) < 4.78 is 4.67. The summed E-state index contributed by atoms with van der Waals surface area (Å²) in [7, 11) is 1.29. The molecule has 0 fully saturated rings. The van der Waals surface area contributed by atoms with Crippen molar-refractivity contribution in [3.05, 3.63) is 29.5 Å². The molecule has 0 atom stereocenters. The Bertz CT molecular complexity index is 691. The number of rotatable bonds is 1. The Hall–Kier alpha value is -2.81. The topological polar surface area (TPSA) is 98.1 Å². The Kier molecular flexibility index (Phi) is 2.98. The van der Waals surface area contributed by atoms with Gasteiger partial charge < -0.3 is 10.5 Å². The van der Waals surface area contributed by atoms with Gasteiger partial charge in [0.15, 0.2) is 0 Å². The van der Waals surface area contributed by atoms with Crippen molar-refractivity contribution in [3.63, 3.8) is 0 Å². The third kappa shape index (κ3) is 2.15. The number of amides is 1. The minimum Gasteiger partial charge on any atom is -0.465 e. The van der Waals surface area contributed by atoms with Gasteiger partial charge in [-0.15, -0.1) is 0 Å². The maximum Gasteiger partial charge on any atom is 0.338 e. The van der Waals surface area contributed by atoms with Gasteiger partial charge >= 0.3 is 5.97 Å². The molecule has 1 aromatic heterocycles. The molecular formula is C12H9N3O3. The van der Waals surface area contributed by atoms with Crippen LogP contribution < -0.4 is 5.73 Å². The van der Waals surface area contributed by atoms with Gasteiger partial charge in [0.25, 0.3) is 5.91 Å². The first-order valence-corrected chi connectivity index (χ1v) is 4.98. The molecule has 1 heterocycles. The highest BCUT2D eigenvalue weighted by Gasteiger charge is 2.12. The number of aromatic nitrogens is 2. The number of benzene rings is 1. The van der Waals surface area contributed by atoms with Crippen LogP contribution in [-0.4, -0.2) is 29.2 Å². The van der Waals surface area contributed by atoms with Crippen LogP contribution >= 0.6 is 0 Å². The molecule has 2 rings (SSSR count). The van der Waals surface area contributed by atoms with Crippen LogP contribution in [0.25, 0.3) is 10.9 Å². The molecule has 2 aromatic rings. The highest BCUT2D eigenvalue weighted by molar-refractivity contribution is 6.04. The van der Waals surface area contributed by atoms with Crippen LogP contribution in [0.5, 0.6) is 0 Å². The molecule has 90 valence electrons. The first-order valence-electron chi connectivity index (χ1n) is 4.98. The minimum atomic E-state index is -0.737. The molecule has 0 aliphatic rings. The molecule has 0 saturated heterocycles. The molecule has 0 spiro atoms. The zero-order chi connectivity index (χ0) is 13.1. The summed E-state index contributed by atoms with van der Waals surface area (Å²) in [6, 6.07) is 3.20. The van der Waals surface area contributed by atoms with Crippen molar-refractivity contribution in [2.45, 2.75) is 0 Å². The summed E-state index contributed by atoms with van der Waals surface area (Å²) in [5.74, 6) is 3.54. The summed E-state index contributed by atoms with van der Waals surface area (Å²) in [4.78, 5) is 22.2. The molecule has 0 saturated carbocycles. The molecule has 3 N–H and O–H groups in total. The van der Waals surface area contributed by atoms with Crippen molar-refractivity contribution in [1.29, 1.82) is 0 Å². The summed E-state index contributed by atoms with van der Waals surface area (Å²) >= 11 is 0. The van der Waals surface area contributed by atoms with Gasteiger partial charge in [-0.05, 0) is 18.1 Å². The van der Waals surface area contributed by atoms with E-state index < -0.39 is 11.9 Å². The number of fused-ring (bicyclic) bond motifs is 1. The van der Waals surface area contributed by atoms with Gasteiger partial charge in [0.2, 0.25) is 0 Å². The van der Waals surface area contributed by atoms with Crippen molar-refractivity contribution >= 4 is 22.8 Å². The number of primary amides is 1. The maximum absolute atomic E-state index is 11.6. The van der Waals surface area contributed by atoms with Gasteiger partial charge in [0.1, 0.15) is 0 Å². The van der Waals surface area contributed by atoms with Crippen LogP contribution in [0.15, 0.2) is 18.3 Å². The van der Waals surface area contributed by atoms with Crippen LogP contribution in [0, 0.1) is 11.8 Å². The van der Waals surface area contributed by atoms with Crippen molar-refractivity contribution in [2.24, 2.45) is 5.73 Å². The van der Waals surface area contributed by atoms with Crippen LogP contribution in [0.2, 0.25) is 0 Å². The van der Waals surface area contributed by atoms with Crippen molar-refractivity contribution in [3.8, 4) is 11.8 Å². The Morgan fingerprint density at radius 3 is 2.89 bits per heavy atom. The highest BCUT2D eigenvalue weighted by atomic mass is 16.5. The number of hydrogen-bond donors (Lipinski definition) is 2. The second kappa shape index (κ2) is 4.59. The van der Waals surface area contributed by atoms with Crippen molar-refractivity contribution in [2.75, 3.05) is 7.11 Å².